The third-order valence-corrected chi connectivity index (χ3v) is 4.63. The molecule has 1 fully saturated rings. The molecule has 1 atom stereocenters. The molecule has 2 N–H and O–H groups in total. The molecule has 1 heterocycles. The first kappa shape index (κ1) is 23.0. The van der Waals surface area contributed by atoms with Gasteiger partial charge in [-0.3, -0.25) is 4.79 Å². The van der Waals surface area contributed by atoms with Crippen LogP contribution in [-0.4, -0.2) is 69.9 Å². The minimum Gasteiger partial charge on any atom is -0.377 e. The summed E-state index contributed by atoms with van der Waals surface area (Å²) < 4.78 is 10.6. The molecule has 1 aliphatic rings. The topological polar surface area (TPSA) is 83.1 Å². The molecule has 0 saturated carbocycles. The third-order valence-electron chi connectivity index (χ3n) is 4.63. The number of urea groups is 1. The highest BCUT2D eigenvalue weighted by Gasteiger charge is 2.24. The van der Waals surface area contributed by atoms with E-state index in [1.165, 1.54) is 7.11 Å². The van der Waals surface area contributed by atoms with Gasteiger partial charge in [0.15, 0.2) is 0 Å². The van der Waals surface area contributed by atoms with E-state index in [2.05, 4.69) is 10.6 Å². The molecule has 2 rings (SSSR count). The molecular formula is C21H34N4O4. The van der Waals surface area contributed by atoms with Gasteiger partial charge in [-0.15, -0.1) is 0 Å². The monoisotopic (exact) mass is 406 g/mol. The number of amides is 3. The van der Waals surface area contributed by atoms with Gasteiger partial charge in [0.25, 0.3) is 0 Å². The van der Waals surface area contributed by atoms with E-state index in [1.807, 2.05) is 51.0 Å². The van der Waals surface area contributed by atoms with Gasteiger partial charge in [0, 0.05) is 58.3 Å². The lowest BCUT2D eigenvalue weighted by atomic mass is 10.1. The van der Waals surface area contributed by atoms with Crippen LogP contribution in [0.2, 0.25) is 0 Å². The number of carbonyl (C=O) groups excluding carboxylic acids is 2. The second-order valence-corrected chi connectivity index (χ2v) is 7.84. The quantitative estimate of drug-likeness (QED) is 0.658. The van der Waals surface area contributed by atoms with E-state index in [9.17, 15) is 9.59 Å². The zero-order valence-corrected chi connectivity index (χ0v) is 18.2. The highest BCUT2D eigenvalue weighted by molar-refractivity contribution is 5.92. The minimum atomic E-state index is -0.218. The number of nitrogens with one attached hydrogen (secondary N) is 2. The van der Waals surface area contributed by atoms with E-state index in [-0.39, 0.29) is 30.7 Å². The number of rotatable bonds is 9. The number of benzene rings is 1. The zero-order valence-electron chi connectivity index (χ0n) is 18.2. The molecule has 1 aliphatic heterocycles. The van der Waals surface area contributed by atoms with E-state index in [4.69, 9.17) is 9.47 Å². The Kier molecular flexibility index (Phi) is 8.72. The molecule has 0 radical (unpaired) electrons. The summed E-state index contributed by atoms with van der Waals surface area (Å²) in [6, 6.07) is 5.64. The number of hydrogen-bond donors (Lipinski definition) is 2. The lowest BCUT2D eigenvalue weighted by Gasteiger charge is -2.29. The van der Waals surface area contributed by atoms with Crippen molar-refractivity contribution in [2.75, 3.05) is 51.2 Å². The van der Waals surface area contributed by atoms with Crippen molar-refractivity contribution in [3.05, 3.63) is 23.8 Å². The summed E-state index contributed by atoms with van der Waals surface area (Å²) in [4.78, 5) is 28.5. The number of anilines is 2. The second kappa shape index (κ2) is 11.0. The first-order chi connectivity index (χ1) is 13.8. The predicted molar refractivity (Wildman–Crippen MR) is 114 cm³/mol. The normalized spacial score (nSPS) is 16.0. The molecule has 0 spiro atoms. The van der Waals surface area contributed by atoms with Crippen LogP contribution >= 0.6 is 0 Å². The van der Waals surface area contributed by atoms with Crippen molar-refractivity contribution in [3.63, 3.8) is 0 Å². The van der Waals surface area contributed by atoms with Crippen LogP contribution in [0, 0.1) is 0 Å². The molecule has 0 aliphatic carbocycles. The molecular weight excluding hydrogens is 372 g/mol. The summed E-state index contributed by atoms with van der Waals surface area (Å²) in [5, 5.41) is 5.81. The van der Waals surface area contributed by atoms with Gasteiger partial charge in [-0.1, -0.05) is 0 Å². The molecule has 162 valence electrons. The van der Waals surface area contributed by atoms with E-state index in [1.54, 1.807) is 4.90 Å². The maximum absolute atomic E-state index is 12.8. The number of ether oxygens (including phenoxy) is 2. The van der Waals surface area contributed by atoms with Gasteiger partial charge in [0.1, 0.15) is 6.61 Å². The van der Waals surface area contributed by atoms with Gasteiger partial charge >= 0.3 is 6.03 Å². The fraction of sp³-hybridized carbons (Fsp3) is 0.619. The fourth-order valence-corrected chi connectivity index (χ4v) is 3.35. The first-order valence-electron chi connectivity index (χ1n) is 10.1. The van der Waals surface area contributed by atoms with Crippen molar-refractivity contribution < 1.29 is 19.1 Å². The fourth-order valence-electron chi connectivity index (χ4n) is 3.35. The second-order valence-electron chi connectivity index (χ2n) is 7.84. The summed E-state index contributed by atoms with van der Waals surface area (Å²) in [5.41, 5.74) is 2.61. The molecule has 8 nitrogen and oxygen atoms in total. The summed E-state index contributed by atoms with van der Waals surface area (Å²) in [6.45, 7) is 5.57. The van der Waals surface area contributed by atoms with Crippen molar-refractivity contribution in [2.24, 2.45) is 0 Å². The number of methoxy groups -OCH3 is 1. The Hall–Kier alpha value is -2.32. The van der Waals surface area contributed by atoms with Crippen LogP contribution in [0.15, 0.2) is 18.2 Å². The smallest absolute Gasteiger partial charge is 0.317 e. The maximum Gasteiger partial charge on any atom is 0.317 e. The maximum atomic E-state index is 12.8. The van der Waals surface area contributed by atoms with Gasteiger partial charge in [0.2, 0.25) is 5.91 Å². The molecule has 0 bridgehead atoms. The molecule has 0 aromatic heterocycles. The highest BCUT2D eigenvalue weighted by Crippen LogP contribution is 2.25. The van der Waals surface area contributed by atoms with Gasteiger partial charge in [-0.25, -0.2) is 4.79 Å². The van der Waals surface area contributed by atoms with E-state index < -0.39 is 0 Å². The molecule has 1 saturated heterocycles. The highest BCUT2D eigenvalue weighted by atomic mass is 16.5. The molecule has 8 heteroatoms. The van der Waals surface area contributed by atoms with E-state index >= 15 is 0 Å². The van der Waals surface area contributed by atoms with Crippen molar-refractivity contribution in [1.82, 2.24) is 10.2 Å². The average molecular weight is 407 g/mol. The van der Waals surface area contributed by atoms with Crippen LogP contribution in [0.1, 0.15) is 32.3 Å². The number of carbonyl (C=O) groups is 2. The summed E-state index contributed by atoms with van der Waals surface area (Å²) in [5.74, 6) is -0.218. The SMILES string of the molecule is COCC(=O)Nc1ccc(N(C)C)c(CN(CC2CCCO2)C(=O)NC(C)C)c1. The van der Waals surface area contributed by atoms with Crippen molar-refractivity contribution in [3.8, 4) is 0 Å². The van der Waals surface area contributed by atoms with Gasteiger partial charge in [-0.2, -0.15) is 0 Å². The van der Waals surface area contributed by atoms with Crippen LogP contribution in [0.25, 0.3) is 0 Å². The van der Waals surface area contributed by atoms with Crippen LogP contribution < -0.4 is 15.5 Å². The van der Waals surface area contributed by atoms with Gasteiger partial charge in [-0.05, 0) is 50.5 Å². The van der Waals surface area contributed by atoms with Crippen molar-refractivity contribution >= 4 is 23.3 Å². The third kappa shape index (κ3) is 7.21. The minimum absolute atomic E-state index is 0.00724. The average Bonchev–Trinajstić information content (AvgIpc) is 3.14. The lowest BCUT2D eigenvalue weighted by Crippen LogP contribution is -2.45. The number of hydrogen-bond acceptors (Lipinski definition) is 5. The summed E-state index contributed by atoms with van der Waals surface area (Å²) >= 11 is 0. The summed E-state index contributed by atoms with van der Waals surface area (Å²) in [7, 11) is 5.40. The first-order valence-corrected chi connectivity index (χ1v) is 10.1. The largest absolute Gasteiger partial charge is 0.377 e. The Morgan fingerprint density at radius 1 is 1.31 bits per heavy atom. The Balaban J connectivity index is 2.25. The van der Waals surface area contributed by atoms with Crippen LogP contribution in [0.5, 0.6) is 0 Å². The molecule has 29 heavy (non-hydrogen) atoms. The van der Waals surface area contributed by atoms with E-state index in [0.29, 0.717) is 18.8 Å². The molecule has 1 aromatic carbocycles. The van der Waals surface area contributed by atoms with Crippen LogP contribution in [0.3, 0.4) is 0 Å². The molecule has 3 amide bonds. The van der Waals surface area contributed by atoms with Gasteiger partial charge < -0.3 is 29.9 Å². The summed E-state index contributed by atoms with van der Waals surface area (Å²) in [6.07, 6.45) is 2.04. The van der Waals surface area contributed by atoms with Crippen molar-refractivity contribution in [1.29, 1.82) is 0 Å². The van der Waals surface area contributed by atoms with Gasteiger partial charge in [0.05, 0.1) is 6.10 Å². The predicted octanol–water partition coefficient (Wildman–Crippen LogP) is 2.44. The molecule has 1 aromatic rings. The van der Waals surface area contributed by atoms with Crippen molar-refractivity contribution in [2.45, 2.75) is 45.4 Å². The van der Waals surface area contributed by atoms with Crippen LogP contribution in [-0.2, 0) is 20.8 Å². The van der Waals surface area contributed by atoms with Crippen LogP contribution in [0.4, 0.5) is 16.2 Å². The zero-order chi connectivity index (χ0) is 21.4. The van der Waals surface area contributed by atoms with E-state index in [0.717, 1.165) is 30.7 Å². The standard InChI is InChI=1S/C21H34N4O4/c1-15(2)22-21(27)25(13-18-7-6-10-29-18)12-16-11-17(23-20(26)14-28-5)8-9-19(16)24(3)4/h8-9,11,15,18H,6-7,10,12-14H2,1-5H3,(H,22,27)(H,23,26). The Morgan fingerprint density at radius 3 is 2.66 bits per heavy atom. The molecule has 1 unspecified atom stereocenters. The Bertz CT molecular complexity index is 687. The Morgan fingerprint density at radius 2 is 2.07 bits per heavy atom. The lowest BCUT2D eigenvalue weighted by molar-refractivity contribution is -0.119. The Labute approximate surface area is 173 Å². The number of nitrogens with zero attached hydrogens (tertiary/aromatic N) is 2.